The molecule has 0 saturated carbocycles. The summed E-state index contributed by atoms with van der Waals surface area (Å²) in [7, 11) is 1.32. The van der Waals surface area contributed by atoms with Crippen LogP contribution in [0, 0.1) is 0 Å². The Bertz CT molecular complexity index is 206. The van der Waals surface area contributed by atoms with Gasteiger partial charge in [-0.15, -0.1) is 0 Å². The van der Waals surface area contributed by atoms with Crippen molar-refractivity contribution in [2.24, 2.45) is 5.73 Å². The lowest BCUT2D eigenvalue weighted by Gasteiger charge is -2.25. The lowest BCUT2D eigenvalue weighted by Crippen LogP contribution is -2.42. The summed E-state index contributed by atoms with van der Waals surface area (Å²) in [5, 5.41) is 0. The Balaban J connectivity index is 4.23. The zero-order valence-electron chi connectivity index (χ0n) is 8.95. The van der Waals surface area contributed by atoms with Crippen molar-refractivity contribution >= 4 is 11.9 Å². The quantitative estimate of drug-likeness (QED) is 0.602. The Hall–Kier alpha value is -1.10. The van der Waals surface area contributed by atoms with Crippen molar-refractivity contribution in [2.75, 3.05) is 20.2 Å². The van der Waals surface area contributed by atoms with E-state index in [2.05, 4.69) is 4.74 Å². The average molecular weight is 202 g/mol. The third-order valence-electron chi connectivity index (χ3n) is 2.13. The van der Waals surface area contributed by atoms with Crippen molar-refractivity contribution in [3.63, 3.8) is 0 Å². The molecule has 0 aromatic rings. The SMILES string of the molecule is CC[C@@H](C)N(CC(N)=O)CC(=O)OC. The molecular weight excluding hydrogens is 184 g/mol. The molecule has 0 aromatic carbocycles. The van der Waals surface area contributed by atoms with Gasteiger partial charge in [-0.25, -0.2) is 0 Å². The first-order valence-electron chi connectivity index (χ1n) is 4.60. The summed E-state index contributed by atoms with van der Waals surface area (Å²) in [5.74, 6) is -0.791. The van der Waals surface area contributed by atoms with Gasteiger partial charge in [0.2, 0.25) is 5.91 Å². The van der Waals surface area contributed by atoms with Crippen molar-refractivity contribution < 1.29 is 14.3 Å². The van der Waals surface area contributed by atoms with E-state index in [0.717, 1.165) is 6.42 Å². The molecule has 1 atom stereocenters. The van der Waals surface area contributed by atoms with Crippen molar-refractivity contribution in [2.45, 2.75) is 26.3 Å². The van der Waals surface area contributed by atoms with Gasteiger partial charge in [0.05, 0.1) is 20.2 Å². The van der Waals surface area contributed by atoms with Gasteiger partial charge in [-0.3, -0.25) is 14.5 Å². The molecule has 0 saturated heterocycles. The van der Waals surface area contributed by atoms with Gasteiger partial charge in [0.15, 0.2) is 0 Å². The Morgan fingerprint density at radius 3 is 2.36 bits per heavy atom. The number of hydrogen-bond donors (Lipinski definition) is 1. The van der Waals surface area contributed by atoms with Crippen LogP contribution in [0.1, 0.15) is 20.3 Å². The molecule has 0 aliphatic rings. The molecule has 0 spiro atoms. The van der Waals surface area contributed by atoms with E-state index in [1.807, 2.05) is 13.8 Å². The molecular formula is C9H18N2O3. The standard InChI is InChI=1S/C9H18N2O3/c1-4-7(2)11(5-8(10)12)6-9(13)14-3/h7H,4-6H2,1-3H3,(H2,10,12)/t7-/m1/s1. The van der Waals surface area contributed by atoms with Gasteiger partial charge in [-0.05, 0) is 13.3 Å². The van der Waals surface area contributed by atoms with Crippen LogP contribution in [0.15, 0.2) is 0 Å². The number of carbonyl (C=O) groups excluding carboxylic acids is 2. The van der Waals surface area contributed by atoms with Gasteiger partial charge in [0, 0.05) is 6.04 Å². The number of ether oxygens (including phenoxy) is 1. The molecule has 0 radical (unpaired) electrons. The predicted molar refractivity (Wildman–Crippen MR) is 52.5 cm³/mol. The second-order valence-corrected chi connectivity index (χ2v) is 3.20. The summed E-state index contributed by atoms with van der Waals surface area (Å²) in [5.41, 5.74) is 5.07. The summed E-state index contributed by atoms with van der Waals surface area (Å²) in [6.07, 6.45) is 0.851. The second kappa shape index (κ2) is 6.37. The third-order valence-corrected chi connectivity index (χ3v) is 2.13. The van der Waals surface area contributed by atoms with E-state index in [4.69, 9.17) is 5.73 Å². The highest BCUT2D eigenvalue weighted by atomic mass is 16.5. The van der Waals surface area contributed by atoms with Crippen molar-refractivity contribution in [1.82, 2.24) is 4.90 Å². The molecule has 0 aliphatic carbocycles. The maximum absolute atomic E-state index is 11.0. The maximum Gasteiger partial charge on any atom is 0.319 e. The minimum Gasteiger partial charge on any atom is -0.468 e. The minimum atomic E-state index is -0.436. The van der Waals surface area contributed by atoms with Crippen LogP contribution in [0.4, 0.5) is 0 Å². The molecule has 0 aliphatic heterocycles. The van der Waals surface area contributed by atoms with Crippen molar-refractivity contribution in [1.29, 1.82) is 0 Å². The van der Waals surface area contributed by atoms with E-state index in [1.54, 1.807) is 4.90 Å². The van der Waals surface area contributed by atoms with E-state index in [1.165, 1.54) is 7.11 Å². The summed E-state index contributed by atoms with van der Waals surface area (Å²) in [6, 6.07) is 0.140. The fourth-order valence-electron chi connectivity index (χ4n) is 1.06. The van der Waals surface area contributed by atoms with Gasteiger partial charge in [-0.1, -0.05) is 6.92 Å². The van der Waals surface area contributed by atoms with E-state index < -0.39 is 5.91 Å². The monoisotopic (exact) mass is 202 g/mol. The molecule has 0 heterocycles. The van der Waals surface area contributed by atoms with E-state index >= 15 is 0 Å². The normalized spacial score (nSPS) is 12.6. The van der Waals surface area contributed by atoms with Gasteiger partial charge >= 0.3 is 5.97 Å². The smallest absolute Gasteiger partial charge is 0.319 e. The number of hydrogen-bond acceptors (Lipinski definition) is 4. The minimum absolute atomic E-state index is 0.0874. The molecule has 1 amide bonds. The molecule has 14 heavy (non-hydrogen) atoms. The molecule has 0 aromatic heterocycles. The van der Waals surface area contributed by atoms with Crippen LogP contribution in [0.3, 0.4) is 0 Å². The van der Waals surface area contributed by atoms with Crippen molar-refractivity contribution in [3.8, 4) is 0 Å². The van der Waals surface area contributed by atoms with Gasteiger partial charge < -0.3 is 10.5 Å². The predicted octanol–water partition coefficient (Wildman–Crippen LogP) is -0.255. The largest absolute Gasteiger partial charge is 0.468 e. The lowest BCUT2D eigenvalue weighted by molar-refractivity contribution is -0.142. The number of amides is 1. The van der Waals surface area contributed by atoms with Crippen LogP contribution in [-0.2, 0) is 14.3 Å². The highest BCUT2D eigenvalue weighted by molar-refractivity contribution is 5.77. The summed E-state index contributed by atoms with van der Waals surface area (Å²) in [6.45, 7) is 4.11. The Labute approximate surface area is 84.2 Å². The van der Waals surface area contributed by atoms with Gasteiger partial charge in [0.1, 0.15) is 0 Å². The summed E-state index contributed by atoms with van der Waals surface area (Å²) < 4.78 is 4.52. The second-order valence-electron chi connectivity index (χ2n) is 3.20. The van der Waals surface area contributed by atoms with Crippen LogP contribution in [0.5, 0.6) is 0 Å². The van der Waals surface area contributed by atoms with Crippen LogP contribution in [0.2, 0.25) is 0 Å². The Morgan fingerprint density at radius 1 is 1.43 bits per heavy atom. The van der Waals surface area contributed by atoms with E-state index in [0.29, 0.717) is 0 Å². The molecule has 5 heteroatoms. The summed E-state index contributed by atoms with van der Waals surface area (Å²) in [4.78, 5) is 23.4. The molecule has 0 bridgehead atoms. The molecule has 0 unspecified atom stereocenters. The first-order valence-corrected chi connectivity index (χ1v) is 4.60. The number of rotatable bonds is 6. The fourth-order valence-corrected chi connectivity index (χ4v) is 1.06. The highest BCUT2D eigenvalue weighted by Crippen LogP contribution is 2.02. The maximum atomic E-state index is 11.0. The van der Waals surface area contributed by atoms with Crippen molar-refractivity contribution in [3.05, 3.63) is 0 Å². The number of nitrogens with two attached hydrogens (primary N) is 1. The van der Waals surface area contributed by atoms with Crippen LogP contribution < -0.4 is 5.73 Å². The first kappa shape index (κ1) is 12.9. The highest BCUT2D eigenvalue weighted by Gasteiger charge is 2.17. The molecule has 82 valence electrons. The van der Waals surface area contributed by atoms with Crippen LogP contribution >= 0.6 is 0 Å². The summed E-state index contributed by atoms with van der Waals surface area (Å²) >= 11 is 0. The average Bonchev–Trinajstić information content (AvgIpc) is 2.14. The molecule has 0 fully saturated rings. The van der Waals surface area contributed by atoms with E-state index in [-0.39, 0.29) is 25.1 Å². The van der Waals surface area contributed by atoms with E-state index in [9.17, 15) is 9.59 Å². The lowest BCUT2D eigenvalue weighted by atomic mass is 10.2. The zero-order chi connectivity index (χ0) is 11.1. The number of carbonyl (C=O) groups is 2. The fraction of sp³-hybridized carbons (Fsp3) is 0.778. The third kappa shape index (κ3) is 4.81. The Kier molecular flexibility index (Phi) is 5.87. The number of nitrogens with zero attached hydrogens (tertiary/aromatic N) is 1. The van der Waals surface area contributed by atoms with Crippen LogP contribution in [0.25, 0.3) is 0 Å². The number of primary amides is 1. The topological polar surface area (TPSA) is 72.6 Å². The Morgan fingerprint density at radius 2 is 2.00 bits per heavy atom. The first-order chi connectivity index (χ1) is 6.51. The number of esters is 1. The molecule has 2 N–H and O–H groups in total. The molecule has 5 nitrogen and oxygen atoms in total. The van der Waals surface area contributed by atoms with Gasteiger partial charge in [-0.2, -0.15) is 0 Å². The number of methoxy groups -OCH3 is 1. The van der Waals surface area contributed by atoms with Gasteiger partial charge in [0.25, 0.3) is 0 Å². The van der Waals surface area contributed by atoms with Crippen LogP contribution in [-0.4, -0.2) is 43.0 Å². The molecule has 0 rings (SSSR count). The zero-order valence-corrected chi connectivity index (χ0v) is 8.95.